The molecule has 1 aromatic carbocycles. The summed E-state index contributed by atoms with van der Waals surface area (Å²) < 4.78 is 5.60. The molecular weight excluding hydrogens is 288 g/mol. The van der Waals surface area contributed by atoms with Gasteiger partial charge < -0.3 is 14.5 Å². The van der Waals surface area contributed by atoms with Crippen molar-refractivity contribution in [1.82, 2.24) is 4.90 Å². The highest BCUT2D eigenvalue weighted by Gasteiger charge is 2.29. The average molecular weight is 309 g/mol. The summed E-state index contributed by atoms with van der Waals surface area (Å²) in [7, 11) is 0. The van der Waals surface area contributed by atoms with E-state index in [4.69, 9.17) is 16.3 Å². The SMILES string of the molecule is O=C(C1CCCCO1)N1CCN(c2ccc(Cl)cc2)CC1. The van der Waals surface area contributed by atoms with Gasteiger partial charge in [-0.15, -0.1) is 0 Å². The Morgan fingerprint density at radius 3 is 2.43 bits per heavy atom. The fraction of sp³-hybridized carbons (Fsp3) is 0.562. The third-order valence-corrected chi connectivity index (χ3v) is 4.49. The maximum Gasteiger partial charge on any atom is 0.251 e. The molecule has 1 atom stereocenters. The van der Waals surface area contributed by atoms with Crippen LogP contribution in [0, 0.1) is 0 Å². The number of carbonyl (C=O) groups excluding carboxylic acids is 1. The van der Waals surface area contributed by atoms with E-state index in [-0.39, 0.29) is 12.0 Å². The molecule has 0 N–H and O–H groups in total. The predicted molar refractivity (Wildman–Crippen MR) is 83.8 cm³/mol. The number of rotatable bonds is 2. The summed E-state index contributed by atoms with van der Waals surface area (Å²) in [5, 5.41) is 0.752. The molecule has 0 saturated carbocycles. The van der Waals surface area contributed by atoms with E-state index in [0.717, 1.165) is 57.1 Å². The van der Waals surface area contributed by atoms with Crippen LogP contribution in [0.2, 0.25) is 5.02 Å². The fourth-order valence-electron chi connectivity index (χ4n) is 2.98. The van der Waals surface area contributed by atoms with E-state index in [2.05, 4.69) is 4.90 Å². The average Bonchev–Trinajstić information content (AvgIpc) is 2.56. The van der Waals surface area contributed by atoms with Crippen LogP contribution in [-0.4, -0.2) is 49.7 Å². The molecule has 2 heterocycles. The summed E-state index contributed by atoms with van der Waals surface area (Å²) >= 11 is 5.92. The van der Waals surface area contributed by atoms with E-state index in [1.807, 2.05) is 29.2 Å². The first-order valence-electron chi connectivity index (χ1n) is 7.65. The van der Waals surface area contributed by atoms with Gasteiger partial charge in [-0.1, -0.05) is 11.6 Å². The first kappa shape index (κ1) is 14.7. The second-order valence-electron chi connectivity index (χ2n) is 5.64. The van der Waals surface area contributed by atoms with Gasteiger partial charge >= 0.3 is 0 Å². The first-order chi connectivity index (χ1) is 10.2. The zero-order valence-corrected chi connectivity index (χ0v) is 12.9. The summed E-state index contributed by atoms with van der Waals surface area (Å²) in [6.07, 6.45) is 2.84. The monoisotopic (exact) mass is 308 g/mol. The Morgan fingerprint density at radius 2 is 1.81 bits per heavy atom. The van der Waals surface area contributed by atoms with E-state index in [9.17, 15) is 4.79 Å². The zero-order valence-electron chi connectivity index (χ0n) is 12.1. The van der Waals surface area contributed by atoms with Crippen molar-refractivity contribution in [2.75, 3.05) is 37.7 Å². The van der Waals surface area contributed by atoms with E-state index in [0.29, 0.717) is 0 Å². The number of carbonyl (C=O) groups is 1. The molecular formula is C16H21ClN2O2. The quantitative estimate of drug-likeness (QED) is 0.842. The highest BCUT2D eigenvalue weighted by atomic mass is 35.5. The van der Waals surface area contributed by atoms with Crippen LogP contribution in [0.5, 0.6) is 0 Å². The smallest absolute Gasteiger partial charge is 0.251 e. The van der Waals surface area contributed by atoms with Gasteiger partial charge in [-0.2, -0.15) is 0 Å². The standard InChI is InChI=1S/C16H21ClN2O2/c17-13-4-6-14(7-5-13)18-8-10-19(11-9-18)16(20)15-3-1-2-12-21-15/h4-7,15H,1-3,8-12H2. The normalized spacial score (nSPS) is 23.2. The number of hydrogen-bond acceptors (Lipinski definition) is 3. The molecule has 2 saturated heterocycles. The summed E-state index contributed by atoms with van der Waals surface area (Å²) in [5.41, 5.74) is 1.17. The van der Waals surface area contributed by atoms with Crippen LogP contribution in [0.1, 0.15) is 19.3 Å². The van der Waals surface area contributed by atoms with Crippen LogP contribution in [0.25, 0.3) is 0 Å². The fourth-order valence-corrected chi connectivity index (χ4v) is 3.10. The summed E-state index contributed by atoms with van der Waals surface area (Å²) in [5.74, 6) is 0.172. The lowest BCUT2D eigenvalue weighted by Crippen LogP contribution is -2.52. The van der Waals surface area contributed by atoms with Crippen LogP contribution in [0.3, 0.4) is 0 Å². The molecule has 3 rings (SSSR count). The lowest BCUT2D eigenvalue weighted by atomic mass is 10.1. The van der Waals surface area contributed by atoms with Crippen molar-refractivity contribution in [3.8, 4) is 0 Å². The molecule has 2 aliphatic heterocycles. The third-order valence-electron chi connectivity index (χ3n) is 4.24. The maximum atomic E-state index is 12.4. The highest BCUT2D eigenvalue weighted by molar-refractivity contribution is 6.30. The summed E-state index contributed by atoms with van der Waals surface area (Å²) in [4.78, 5) is 16.6. The van der Waals surface area contributed by atoms with Crippen molar-refractivity contribution >= 4 is 23.2 Å². The minimum atomic E-state index is -0.208. The van der Waals surface area contributed by atoms with Crippen LogP contribution in [-0.2, 0) is 9.53 Å². The first-order valence-corrected chi connectivity index (χ1v) is 8.03. The number of nitrogens with zero attached hydrogens (tertiary/aromatic N) is 2. The predicted octanol–water partition coefficient (Wildman–Crippen LogP) is 2.56. The number of ether oxygens (including phenoxy) is 1. The van der Waals surface area contributed by atoms with Gasteiger partial charge in [0.15, 0.2) is 0 Å². The van der Waals surface area contributed by atoms with Gasteiger partial charge in [0.25, 0.3) is 5.91 Å². The molecule has 1 aromatic rings. The summed E-state index contributed by atoms with van der Waals surface area (Å²) in [6, 6.07) is 7.88. The molecule has 0 bridgehead atoms. The van der Waals surface area contributed by atoms with E-state index >= 15 is 0 Å². The van der Waals surface area contributed by atoms with Crippen molar-refractivity contribution in [3.63, 3.8) is 0 Å². The second kappa shape index (κ2) is 6.67. The highest BCUT2D eigenvalue weighted by Crippen LogP contribution is 2.21. The maximum absolute atomic E-state index is 12.4. The van der Waals surface area contributed by atoms with Gasteiger partial charge in [-0.3, -0.25) is 4.79 Å². The number of halogens is 1. The number of amides is 1. The minimum absolute atomic E-state index is 0.172. The molecule has 2 fully saturated rings. The Hall–Kier alpha value is -1.26. The van der Waals surface area contributed by atoms with Gasteiger partial charge in [0.1, 0.15) is 6.10 Å². The Labute approximate surface area is 130 Å². The third kappa shape index (κ3) is 3.50. The van der Waals surface area contributed by atoms with E-state index < -0.39 is 0 Å². The van der Waals surface area contributed by atoms with Gasteiger partial charge in [0, 0.05) is 43.5 Å². The van der Waals surface area contributed by atoms with E-state index in [1.54, 1.807) is 0 Å². The molecule has 0 spiro atoms. The van der Waals surface area contributed by atoms with Crippen molar-refractivity contribution in [1.29, 1.82) is 0 Å². The molecule has 0 aromatic heterocycles. The number of piperazine rings is 1. The molecule has 5 heteroatoms. The Bertz CT molecular complexity index is 478. The van der Waals surface area contributed by atoms with Gasteiger partial charge in [0.05, 0.1) is 0 Å². The number of benzene rings is 1. The Morgan fingerprint density at radius 1 is 1.10 bits per heavy atom. The zero-order chi connectivity index (χ0) is 14.7. The lowest BCUT2D eigenvalue weighted by Gasteiger charge is -2.38. The molecule has 21 heavy (non-hydrogen) atoms. The minimum Gasteiger partial charge on any atom is -0.368 e. The molecule has 114 valence electrons. The van der Waals surface area contributed by atoms with Crippen molar-refractivity contribution in [2.24, 2.45) is 0 Å². The van der Waals surface area contributed by atoms with Crippen LogP contribution in [0.4, 0.5) is 5.69 Å². The van der Waals surface area contributed by atoms with Crippen molar-refractivity contribution in [2.45, 2.75) is 25.4 Å². The van der Waals surface area contributed by atoms with Crippen molar-refractivity contribution in [3.05, 3.63) is 29.3 Å². The molecule has 0 aliphatic carbocycles. The van der Waals surface area contributed by atoms with Gasteiger partial charge in [-0.05, 0) is 43.5 Å². The molecule has 2 aliphatic rings. The van der Waals surface area contributed by atoms with Crippen molar-refractivity contribution < 1.29 is 9.53 Å². The number of anilines is 1. The molecule has 1 amide bonds. The second-order valence-corrected chi connectivity index (χ2v) is 6.08. The Balaban J connectivity index is 1.54. The van der Waals surface area contributed by atoms with E-state index in [1.165, 1.54) is 5.69 Å². The van der Waals surface area contributed by atoms with Crippen LogP contribution < -0.4 is 4.90 Å². The van der Waals surface area contributed by atoms with Crippen LogP contribution in [0.15, 0.2) is 24.3 Å². The Kier molecular flexibility index (Phi) is 4.66. The molecule has 1 unspecified atom stereocenters. The number of hydrogen-bond donors (Lipinski definition) is 0. The summed E-state index contributed by atoms with van der Waals surface area (Å²) in [6.45, 7) is 3.98. The molecule has 0 radical (unpaired) electrons. The van der Waals surface area contributed by atoms with Crippen LogP contribution >= 0.6 is 11.6 Å². The van der Waals surface area contributed by atoms with Gasteiger partial charge in [-0.25, -0.2) is 0 Å². The van der Waals surface area contributed by atoms with Gasteiger partial charge in [0.2, 0.25) is 0 Å². The topological polar surface area (TPSA) is 32.8 Å². The lowest BCUT2D eigenvalue weighted by molar-refractivity contribution is -0.146. The largest absolute Gasteiger partial charge is 0.368 e. The molecule has 4 nitrogen and oxygen atoms in total.